The smallest absolute Gasteiger partial charge is 0.416 e. The molecule has 3 rings (SSSR count). The number of benzene rings is 1. The van der Waals surface area contributed by atoms with E-state index in [9.17, 15) is 31.5 Å². The van der Waals surface area contributed by atoms with Gasteiger partial charge in [0.25, 0.3) is 0 Å². The van der Waals surface area contributed by atoms with Gasteiger partial charge in [0.1, 0.15) is 5.70 Å². The number of rotatable bonds is 4. The predicted octanol–water partition coefficient (Wildman–Crippen LogP) is 2.30. The van der Waals surface area contributed by atoms with Crippen LogP contribution in [0.4, 0.5) is 13.2 Å². The first-order valence-electron chi connectivity index (χ1n) is 7.21. The summed E-state index contributed by atoms with van der Waals surface area (Å²) in [7, 11) is -3.91. The van der Waals surface area contributed by atoms with E-state index in [1.165, 1.54) is 0 Å². The Hall–Kier alpha value is -2.03. The van der Waals surface area contributed by atoms with Gasteiger partial charge in [-0.25, -0.2) is 13.2 Å². The lowest BCUT2D eigenvalue weighted by atomic mass is 10.0. The largest absolute Gasteiger partial charge is 0.477 e. The average molecular weight is 361 g/mol. The first kappa shape index (κ1) is 16.8. The molecule has 2 aliphatic heterocycles. The molecule has 1 atom stereocenters. The Balaban J connectivity index is 1.87. The van der Waals surface area contributed by atoms with Gasteiger partial charge in [-0.05, 0) is 42.7 Å². The molecule has 0 bridgehead atoms. The van der Waals surface area contributed by atoms with Crippen LogP contribution in [0, 0.1) is 0 Å². The molecule has 1 aromatic rings. The Kier molecular flexibility index (Phi) is 3.86. The molecule has 2 aliphatic rings. The second kappa shape index (κ2) is 5.51. The number of alkyl halides is 3. The number of carbonyl (C=O) groups is 1. The number of carboxylic acids is 1. The van der Waals surface area contributed by atoms with E-state index in [1.54, 1.807) is 4.90 Å². The van der Waals surface area contributed by atoms with Crippen molar-refractivity contribution in [2.45, 2.75) is 30.0 Å². The topological polar surface area (TPSA) is 74.7 Å². The summed E-state index contributed by atoms with van der Waals surface area (Å²) in [5.41, 5.74) is -0.608. The molecule has 0 radical (unpaired) electrons. The number of nitrogens with zero attached hydrogens (tertiary/aromatic N) is 1. The fraction of sp³-hybridized carbons (Fsp3) is 0.400. The van der Waals surface area contributed by atoms with Gasteiger partial charge in [-0.1, -0.05) is 0 Å². The zero-order valence-electron chi connectivity index (χ0n) is 12.4. The average Bonchev–Trinajstić information content (AvgIpc) is 2.69. The highest BCUT2D eigenvalue weighted by Gasteiger charge is 2.42. The molecular formula is C15H14F3NO4S. The second-order valence-electron chi connectivity index (χ2n) is 5.88. The fourth-order valence-corrected chi connectivity index (χ4v) is 4.53. The molecule has 5 nitrogen and oxygen atoms in total. The van der Waals surface area contributed by atoms with Crippen molar-refractivity contribution in [3.63, 3.8) is 0 Å². The molecule has 9 heteroatoms. The van der Waals surface area contributed by atoms with E-state index in [0.717, 1.165) is 18.6 Å². The number of carboxylic acid groups (broad SMARTS) is 1. The quantitative estimate of drug-likeness (QED) is 0.891. The molecule has 0 aliphatic carbocycles. The highest BCUT2D eigenvalue weighted by atomic mass is 32.2. The SMILES string of the molecule is O=C(O)C1=C(CS(=O)(=O)c2ccc(C(F)(F)F)cc2)CC2CCN12. The third-order valence-electron chi connectivity index (χ3n) is 4.36. The Morgan fingerprint density at radius 3 is 2.33 bits per heavy atom. The van der Waals surface area contributed by atoms with Crippen LogP contribution in [0.25, 0.3) is 0 Å². The van der Waals surface area contributed by atoms with Gasteiger partial charge in [-0.15, -0.1) is 0 Å². The van der Waals surface area contributed by atoms with Crippen molar-refractivity contribution in [1.29, 1.82) is 0 Å². The second-order valence-corrected chi connectivity index (χ2v) is 7.87. The van der Waals surface area contributed by atoms with Gasteiger partial charge in [-0.2, -0.15) is 13.2 Å². The minimum atomic E-state index is -4.54. The highest BCUT2D eigenvalue weighted by molar-refractivity contribution is 7.91. The first-order valence-corrected chi connectivity index (χ1v) is 8.87. The number of aliphatic carboxylic acids is 1. The monoisotopic (exact) mass is 361 g/mol. The maximum Gasteiger partial charge on any atom is 0.416 e. The maximum absolute atomic E-state index is 12.5. The Morgan fingerprint density at radius 2 is 1.88 bits per heavy atom. The zero-order valence-corrected chi connectivity index (χ0v) is 13.2. The van der Waals surface area contributed by atoms with Gasteiger partial charge >= 0.3 is 12.1 Å². The Bertz CT molecular complexity index is 812. The number of hydrogen-bond acceptors (Lipinski definition) is 4. The van der Waals surface area contributed by atoms with E-state index < -0.39 is 33.3 Å². The van der Waals surface area contributed by atoms with E-state index in [4.69, 9.17) is 0 Å². The van der Waals surface area contributed by atoms with Crippen LogP contribution in [-0.4, -0.2) is 42.7 Å². The molecule has 1 aromatic carbocycles. The Morgan fingerprint density at radius 1 is 1.25 bits per heavy atom. The lowest BCUT2D eigenvalue weighted by Crippen LogP contribution is -2.44. The summed E-state index contributed by atoms with van der Waals surface area (Å²) >= 11 is 0. The number of halogens is 3. The molecule has 1 fully saturated rings. The van der Waals surface area contributed by atoms with Gasteiger partial charge in [0, 0.05) is 12.6 Å². The molecule has 1 unspecified atom stereocenters. The van der Waals surface area contributed by atoms with Crippen molar-refractivity contribution in [2.75, 3.05) is 12.3 Å². The van der Waals surface area contributed by atoms with Crippen molar-refractivity contribution in [3.8, 4) is 0 Å². The van der Waals surface area contributed by atoms with Crippen molar-refractivity contribution in [2.24, 2.45) is 0 Å². The predicted molar refractivity (Wildman–Crippen MR) is 77.9 cm³/mol. The summed E-state index contributed by atoms with van der Waals surface area (Å²) in [6.45, 7) is 0.579. The minimum absolute atomic E-state index is 0.0155. The van der Waals surface area contributed by atoms with Crippen LogP contribution in [0.15, 0.2) is 40.4 Å². The molecule has 24 heavy (non-hydrogen) atoms. The third-order valence-corrected chi connectivity index (χ3v) is 6.07. The molecule has 0 saturated carbocycles. The molecule has 0 amide bonds. The van der Waals surface area contributed by atoms with Crippen molar-refractivity contribution < 1.29 is 31.5 Å². The van der Waals surface area contributed by atoms with Crippen molar-refractivity contribution in [3.05, 3.63) is 41.1 Å². The summed E-state index contributed by atoms with van der Waals surface area (Å²) in [5, 5.41) is 9.28. The molecule has 0 spiro atoms. The summed E-state index contributed by atoms with van der Waals surface area (Å²) in [5.74, 6) is -1.66. The summed E-state index contributed by atoms with van der Waals surface area (Å²) < 4.78 is 62.5. The molecule has 2 heterocycles. The van der Waals surface area contributed by atoms with E-state index >= 15 is 0 Å². The van der Waals surface area contributed by atoms with Gasteiger partial charge in [0.05, 0.1) is 16.2 Å². The van der Waals surface area contributed by atoms with Gasteiger partial charge in [-0.3, -0.25) is 0 Å². The van der Waals surface area contributed by atoms with Crippen LogP contribution in [0.5, 0.6) is 0 Å². The summed E-state index contributed by atoms with van der Waals surface area (Å²) in [4.78, 5) is 12.8. The molecule has 1 N–H and O–H groups in total. The first-order chi connectivity index (χ1) is 11.1. The lowest BCUT2D eigenvalue weighted by molar-refractivity contribution is -0.137. The van der Waals surface area contributed by atoms with Crippen LogP contribution in [-0.2, 0) is 20.8 Å². The van der Waals surface area contributed by atoms with Gasteiger partial charge in [0.2, 0.25) is 0 Å². The number of fused-ring (bicyclic) bond motifs is 1. The fourth-order valence-electron chi connectivity index (χ4n) is 3.10. The highest BCUT2D eigenvalue weighted by Crippen LogP contribution is 2.38. The Labute approximate surface area is 136 Å². The molecule has 1 saturated heterocycles. The normalized spacial score (nSPS) is 20.8. The summed E-state index contributed by atoms with van der Waals surface area (Å²) in [6, 6.07) is 3.25. The lowest BCUT2D eigenvalue weighted by Gasteiger charge is -2.37. The van der Waals surface area contributed by atoms with E-state index in [0.29, 0.717) is 30.7 Å². The molecular weight excluding hydrogens is 347 g/mol. The van der Waals surface area contributed by atoms with Crippen LogP contribution in [0.3, 0.4) is 0 Å². The van der Waals surface area contributed by atoms with Crippen LogP contribution in [0.1, 0.15) is 18.4 Å². The standard InChI is InChI=1S/C15H14F3NO4S/c16-15(17,18)10-1-3-12(4-2-10)24(22,23)8-9-7-11-5-6-19(11)13(9)14(20)21/h1-4,11H,5-8H2,(H,20,21). The van der Waals surface area contributed by atoms with Crippen molar-refractivity contribution in [1.82, 2.24) is 4.90 Å². The van der Waals surface area contributed by atoms with E-state index in [1.807, 2.05) is 0 Å². The van der Waals surface area contributed by atoms with E-state index in [-0.39, 0.29) is 16.6 Å². The molecule has 130 valence electrons. The number of hydrogen-bond donors (Lipinski definition) is 1. The van der Waals surface area contributed by atoms with Gasteiger partial charge < -0.3 is 10.0 Å². The van der Waals surface area contributed by atoms with Gasteiger partial charge in [0.15, 0.2) is 9.84 Å². The number of sulfone groups is 1. The molecule has 0 aromatic heterocycles. The van der Waals surface area contributed by atoms with Crippen LogP contribution >= 0.6 is 0 Å². The third kappa shape index (κ3) is 2.88. The zero-order chi connectivity index (χ0) is 17.7. The van der Waals surface area contributed by atoms with Crippen LogP contribution in [0.2, 0.25) is 0 Å². The van der Waals surface area contributed by atoms with E-state index in [2.05, 4.69) is 0 Å². The van der Waals surface area contributed by atoms with Crippen LogP contribution < -0.4 is 0 Å². The minimum Gasteiger partial charge on any atom is -0.477 e. The maximum atomic E-state index is 12.5. The summed E-state index contributed by atoms with van der Waals surface area (Å²) in [6.07, 6.45) is -3.37. The van der Waals surface area contributed by atoms with Crippen molar-refractivity contribution >= 4 is 15.8 Å².